The van der Waals surface area contributed by atoms with E-state index >= 15 is 0 Å². The van der Waals surface area contributed by atoms with Gasteiger partial charge in [-0.3, -0.25) is 0 Å². The molecule has 0 aliphatic heterocycles. The molecule has 0 nitrogen and oxygen atoms in total. The van der Waals surface area contributed by atoms with Crippen LogP contribution in [0, 0.1) is 0 Å². The van der Waals surface area contributed by atoms with Gasteiger partial charge in [0.2, 0.25) is 0 Å². The van der Waals surface area contributed by atoms with Gasteiger partial charge in [-0.1, -0.05) is 0 Å². The molecule has 0 unspecified atom stereocenters. The van der Waals surface area contributed by atoms with Gasteiger partial charge in [0.05, 0.1) is 0 Å². The van der Waals surface area contributed by atoms with E-state index in [9.17, 15) is 0 Å². The number of rotatable bonds is 0. The SMILES string of the molecule is [Cu].[Fe].[Ti].[Zn]. The normalized spacial score (nSPS) is 0. The third-order valence-corrected chi connectivity index (χ3v) is 0. The topological polar surface area (TPSA) is 0 Å². The van der Waals surface area contributed by atoms with Crippen LogP contribution in [0.15, 0.2) is 0 Å². The van der Waals surface area contributed by atoms with Gasteiger partial charge >= 0.3 is 0 Å². The maximum Gasteiger partial charge on any atom is 0 e. The van der Waals surface area contributed by atoms with Crippen molar-refractivity contribution in [3.05, 3.63) is 0 Å². The van der Waals surface area contributed by atoms with Crippen molar-refractivity contribution in [2.75, 3.05) is 0 Å². The molecule has 0 aromatic rings. The van der Waals surface area contributed by atoms with E-state index in [0.717, 1.165) is 0 Å². The fourth-order valence-corrected chi connectivity index (χ4v) is 0. The van der Waals surface area contributed by atoms with E-state index in [4.69, 9.17) is 0 Å². The monoisotopic (exact) mass is 231 g/mol. The summed E-state index contributed by atoms with van der Waals surface area (Å²) in [5, 5.41) is 0. The van der Waals surface area contributed by atoms with E-state index in [1.807, 2.05) is 0 Å². The Labute approximate surface area is 74.4 Å². The molecule has 0 fully saturated rings. The summed E-state index contributed by atoms with van der Waals surface area (Å²) in [6, 6.07) is 0. The van der Waals surface area contributed by atoms with Crippen molar-refractivity contribution in [2.24, 2.45) is 0 Å². The van der Waals surface area contributed by atoms with E-state index in [1.165, 1.54) is 0 Å². The van der Waals surface area contributed by atoms with Crippen LogP contribution in [0.5, 0.6) is 0 Å². The summed E-state index contributed by atoms with van der Waals surface area (Å²) < 4.78 is 0. The van der Waals surface area contributed by atoms with E-state index < -0.39 is 0 Å². The molecule has 1 radical (unpaired) electrons. The molecule has 0 rings (SSSR count). The molecule has 0 bridgehead atoms. The smallest absolute Gasteiger partial charge is 0 e. The van der Waals surface area contributed by atoms with Gasteiger partial charge in [-0.05, 0) is 0 Å². The predicted octanol–water partition coefficient (Wildman–Crippen LogP) is -0.0100. The molecular weight excluding hydrogens is 233 g/mol. The van der Waals surface area contributed by atoms with Crippen molar-refractivity contribution in [3.8, 4) is 0 Å². The second-order valence-electron chi connectivity index (χ2n) is 0. The first kappa shape index (κ1) is 32.6. The molecule has 4 heavy (non-hydrogen) atoms. The van der Waals surface area contributed by atoms with Crippen LogP contribution in [0.25, 0.3) is 0 Å². The van der Waals surface area contributed by atoms with Crippen LogP contribution in [0.2, 0.25) is 0 Å². The van der Waals surface area contributed by atoms with Crippen molar-refractivity contribution in [3.63, 3.8) is 0 Å². The minimum atomic E-state index is 0. The summed E-state index contributed by atoms with van der Waals surface area (Å²) in [6.07, 6.45) is 0. The first-order chi connectivity index (χ1) is 0. The van der Waals surface area contributed by atoms with Crippen molar-refractivity contribution in [1.29, 1.82) is 0 Å². The Balaban J connectivity index is 0. The average molecular weight is 233 g/mol. The summed E-state index contributed by atoms with van der Waals surface area (Å²) in [5.41, 5.74) is 0. The van der Waals surface area contributed by atoms with E-state index in [-0.39, 0.29) is 75.3 Å². The van der Waals surface area contributed by atoms with Crippen molar-refractivity contribution >= 4 is 0 Å². The first-order valence-electron chi connectivity index (χ1n) is 0. The van der Waals surface area contributed by atoms with E-state index in [0.29, 0.717) is 0 Å². The Morgan fingerprint density at radius 3 is 1.00 bits per heavy atom. The minimum absolute atomic E-state index is 0. The summed E-state index contributed by atoms with van der Waals surface area (Å²) >= 11 is 0. The maximum absolute atomic E-state index is 0. The number of hydrogen-bond acceptors (Lipinski definition) is 0. The van der Waals surface area contributed by atoms with Crippen molar-refractivity contribution < 1.29 is 75.3 Å². The largest absolute Gasteiger partial charge is 0 e. The van der Waals surface area contributed by atoms with Crippen LogP contribution in [-0.4, -0.2) is 0 Å². The molecule has 25 valence electrons. The third-order valence-electron chi connectivity index (χ3n) is 0. The van der Waals surface area contributed by atoms with Gasteiger partial charge in [-0.25, -0.2) is 0 Å². The van der Waals surface area contributed by atoms with Gasteiger partial charge in [0.1, 0.15) is 0 Å². The fraction of sp³-hybridized carbons (Fsp3) is 0. The standard InChI is InChI=1S/Cu.Fe.Ti.Zn. The molecule has 0 amide bonds. The van der Waals surface area contributed by atoms with Gasteiger partial charge in [-0.2, -0.15) is 0 Å². The Morgan fingerprint density at radius 2 is 1.00 bits per heavy atom. The molecule has 0 aliphatic rings. The zero-order valence-corrected chi connectivity index (χ0v) is 8.44. The molecule has 0 heterocycles. The average Bonchev–Trinajstić information content (AvgIpc) is 0. The molecular formula is CuFeTiZn. The van der Waals surface area contributed by atoms with Crippen LogP contribution >= 0.6 is 0 Å². The predicted molar refractivity (Wildman–Crippen MR) is 0 cm³/mol. The van der Waals surface area contributed by atoms with Crippen LogP contribution in [0.1, 0.15) is 0 Å². The first-order valence-corrected chi connectivity index (χ1v) is 0. The second-order valence-corrected chi connectivity index (χ2v) is 0. The fourth-order valence-electron chi connectivity index (χ4n) is 0. The summed E-state index contributed by atoms with van der Waals surface area (Å²) in [6.45, 7) is 0. The molecule has 0 aliphatic carbocycles. The summed E-state index contributed by atoms with van der Waals surface area (Å²) in [4.78, 5) is 0. The van der Waals surface area contributed by atoms with Crippen molar-refractivity contribution in [2.45, 2.75) is 0 Å². The van der Waals surface area contributed by atoms with Crippen LogP contribution in [-0.2, 0) is 75.3 Å². The molecule has 0 aromatic heterocycles. The van der Waals surface area contributed by atoms with Crippen LogP contribution in [0.4, 0.5) is 0 Å². The second kappa shape index (κ2) is 18.2. The van der Waals surface area contributed by atoms with Gasteiger partial charge < -0.3 is 0 Å². The van der Waals surface area contributed by atoms with Gasteiger partial charge in [0.15, 0.2) is 0 Å². The Hall–Kier alpha value is 2.38. The summed E-state index contributed by atoms with van der Waals surface area (Å²) in [7, 11) is 0. The molecule has 0 spiro atoms. The quantitative estimate of drug-likeness (QED) is 0.516. The Morgan fingerprint density at radius 1 is 1.00 bits per heavy atom. The van der Waals surface area contributed by atoms with Gasteiger partial charge in [0.25, 0.3) is 0 Å². The molecule has 0 aromatic carbocycles. The van der Waals surface area contributed by atoms with E-state index in [2.05, 4.69) is 0 Å². The zero-order chi connectivity index (χ0) is 0. The maximum atomic E-state index is 0. The van der Waals surface area contributed by atoms with Gasteiger partial charge in [0, 0.05) is 75.3 Å². The minimum Gasteiger partial charge on any atom is 0 e. The molecule has 0 saturated carbocycles. The van der Waals surface area contributed by atoms with Gasteiger partial charge in [-0.15, -0.1) is 0 Å². The summed E-state index contributed by atoms with van der Waals surface area (Å²) in [5.74, 6) is 0. The molecule has 0 saturated heterocycles. The number of hydrogen-bond donors (Lipinski definition) is 0. The van der Waals surface area contributed by atoms with E-state index in [1.54, 1.807) is 0 Å². The third kappa shape index (κ3) is 8.83. The molecule has 0 atom stereocenters. The van der Waals surface area contributed by atoms with Crippen LogP contribution in [0.3, 0.4) is 0 Å². The molecule has 4 heteroatoms. The zero-order valence-electron chi connectivity index (χ0n) is 1.86. The van der Waals surface area contributed by atoms with Crippen molar-refractivity contribution in [1.82, 2.24) is 0 Å². The Kier molecular flexibility index (Phi) is 149. The Bertz CT molecular complexity index is 8.00. The van der Waals surface area contributed by atoms with Crippen LogP contribution < -0.4 is 0 Å². The molecule has 0 N–H and O–H groups in total.